The van der Waals surface area contributed by atoms with Gasteiger partial charge in [0.15, 0.2) is 12.2 Å². The van der Waals surface area contributed by atoms with Gasteiger partial charge in [0.25, 0.3) is 0 Å². The predicted molar refractivity (Wildman–Crippen MR) is 381 cm³/mol. The van der Waals surface area contributed by atoms with Gasteiger partial charge >= 0.3 is 39.5 Å². The molecule has 17 nitrogen and oxygen atoms in total. The summed E-state index contributed by atoms with van der Waals surface area (Å²) in [5.74, 6) is 0.863. The Kier molecular flexibility index (Phi) is 63.1. The third-order valence-corrected chi connectivity index (χ3v) is 19.6. The van der Waals surface area contributed by atoms with E-state index in [0.29, 0.717) is 31.6 Å². The van der Waals surface area contributed by atoms with Crippen LogP contribution in [0.5, 0.6) is 0 Å². The summed E-state index contributed by atoms with van der Waals surface area (Å²) >= 11 is 0. The first-order valence-electron chi connectivity index (χ1n) is 38.7. The SMILES string of the molecule is CCC(C)CCCCCCCCC(=O)O[C@H](COC(=O)CCCCCCCCCCCCCC(C)C)COP(=O)(O)OCC(O)COP(=O)(O)OC[C@@H](COC(=O)CCCCCCCCC(C)C)OC(=O)CCCCCCCCCCCCCCCCCCCCC(C)C. The fraction of sp³-hybridized carbons (Fsp3) is 0.947. The van der Waals surface area contributed by atoms with Gasteiger partial charge < -0.3 is 33.8 Å². The number of rotatable bonds is 72. The number of hydrogen-bond donors (Lipinski definition) is 3. The molecular weight excluding hydrogens is 1230 g/mol. The van der Waals surface area contributed by atoms with Gasteiger partial charge in [0, 0.05) is 25.7 Å². The molecule has 0 spiro atoms. The van der Waals surface area contributed by atoms with E-state index in [-0.39, 0.29) is 25.7 Å². The second-order valence-corrected chi connectivity index (χ2v) is 31.6. The minimum atomic E-state index is -4.95. The van der Waals surface area contributed by atoms with Crippen molar-refractivity contribution in [1.82, 2.24) is 0 Å². The molecule has 0 heterocycles. The van der Waals surface area contributed by atoms with Crippen LogP contribution in [0.15, 0.2) is 0 Å². The molecule has 0 aromatic carbocycles. The maximum absolute atomic E-state index is 13.0. The van der Waals surface area contributed by atoms with Crippen molar-refractivity contribution in [2.24, 2.45) is 23.7 Å². The average Bonchev–Trinajstić information content (AvgIpc) is 2.47. The van der Waals surface area contributed by atoms with Crippen LogP contribution >= 0.6 is 15.6 Å². The van der Waals surface area contributed by atoms with Crippen molar-refractivity contribution >= 4 is 39.5 Å². The first-order valence-corrected chi connectivity index (χ1v) is 41.7. The molecular formula is C75H146O17P2. The lowest BCUT2D eigenvalue weighted by Gasteiger charge is -2.21. The minimum absolute atomic E-state index is 0.102. The lowest BCUT2D eigenvalue weighted by atomic mass is 10.00. The van der Waals surface area contributed by atoms with Crippen LogP contribution in [0, 0.1) is 23.7 Å². The van der Waals surface area contributed by atoms with Crippen LogP contribution in [0.1, 0.15) is 376 Å². The quantitative estimate of drug-likeness (QED) is 0.0222. The molecule has 0 amide bonds. The van der Waals surface area contributed by atoms with Crippen molar-refractivity contribution in [2.75, 3.05) is 39.6 Å². The molecule has 0 fully saturated rings. The number of aliphatic hydroxyl groups is 1. The van der Waals surface area contributed by atoms with E-state index in [1.807, 2.05) is 0 Å². The summed E-state index contributed by atoms with van der Waals surface area (Å²) in [6.07, 6.45) is 48.9. The van der Waals surface area contributed by atoms with Crippen molar-refractivity contribution in [1.29, 1.82) is 0 Å². The molecule has 4 unspecified atom stereocenters. The van der Waals surface area contributed by atoms with Gasteiger partial charge in [-0.15, -0.1) is 0 Å². The van der Waals surface area contributed by atoms with Crippen molar-refractivity contribution in [3.05, 3.63) is 0 Å². The first kappa shape index (κ1) is 92.1. The van der Waals surface area contributed by atoms with Gasteiger partial charge in [0.2, 0.25) is 0 Å². The van der Waals surface area contributed by atoms with Crippen LogP contribution in [0.4, 0.5) is 0 Å². The highest BCUT2D eigenvalue weighted by Gasteiger charge is 2.30. The van der Waals surface area contributed by atoms with Crippen LogP contribution in [0.2, 0.25) is 0 Å². The molecule has 0 saturated heterocycles. The topological polar surface area (TPSA) is 237 Å². The zero-order chi connectivity index (χ0) is 69.6. The van der Waals surface area contributed by atoms with Gasteiger partial charge in [-0.2, -0.15) is 0 Å². The second kappa shape index (κ2) is 64.4. The molecule has 0 aromatic heterocycles. The van der Waals surface area contributed by atoms with Crippen molar-refractivity contribution in [3.8, 4) is 0 Å². The van der Waals surface area contributed by atoms with Crippen LogP contribution in [-0.4, -0.2) is 96.7 Å². The highest BCUT2D eigenvalue weighted by Crippen LogP contribution is 2.45. The number of phosphoric ester groups is 2. The summed E-state index contributed by atoms with van der Waals surface area (Å²) in [4.78, 5) is 72.7. The van der Waals surface area contributed by atoms with E-state index in [2.05, 4.69) is 55.4 Å². The van der Waals surface area contributed by atoms with E-state index in [0.717, 1.165) is 114 Å². The van der Waals surface area contributed by atoms with Crippen molar-refractivity contribution in [3.63, 3.8) is 0 Å². The molecule has 0 aromatic rings. The lowest BCUT2D eigenvalue weighted by Crippen LogP contribution is -2.30. The average molecular weight is 1380 g/mol. The Morgan fingerprint density at radius 1 is 0.298 bits per heavy atom. The Morgan fingerprint density at radius 3 is 0.755 bits per heavy atom. The number of unbranched alkanes of at least 4 members (excludes halogenated alkanes) is 37. The van der Waals surface area contributed by atoms with E-state index in [1.54, 1.807) is 0 Å². The van der Waals surface area contributed by atoms with Crippen molar-refractivity contribution in [2.45, 2.75) is 395 Å². The monoisotopic (exact) mass is 1380 g/mol. The fourth-order valence-electron chi connectivity index (χ4n) is 11.3. The number of carbonyl (C=O) groups is 4. The van der Waals surface area contributed by atoms with Gasteiger partial charge in [-0.1, -0.05) is 325 Å². The van der Waals surface area contributed by atoms with E-state index in [9.17, 15) is 43.2 Å². The smallest absolute Gasteiger partial charge is 0.462 e. The normalized spacial score (nSPS) is 14.4. The number of carbonyl (C=O) groups excluding carboxylic acids is 4. The van der Waals surface area contributed by atoms with E-state index >= 15 is 0 Å². The zero-order valence-electron chi connectivity index (χ0n) is 61.6. The van der Waals surface area contributed by atoms with Gasteiger partial charge in [-0.05, 0) is 49.4 Å². The number of ether oxygens (including phenoxy) is 4. The van der Waals surface area contributed by atoms with Gasteiger partial charge in [0.05, 0.1) is 26.4 Å². The highest BCUT2D eigenvalue weighted by molar-refractivity contribution is 7.47. The van der Waals surface area contributed by atoms with Gasteiger partial charge in [0.1, 0.15) is 19.3 Å². The largest absolute Gasteiger partial charge is 0.472 e. The minimum Gasteiger partial charge on any atom is -0.462 e. The summed E-state index contributed by atoms with van der Waals surface area (Å²) in [7, 11) is -9.91. The van der Waals surface area contributed by atoms with Crippen molar-refractivity contribution < 1.29 is 80.2 Å². The van der Waals surface area contributed by atoms with Gasteiger partial charge in [-0.3, -0.25) is 37.3 Å². The number of esters is 4. The molecule has 0 aliphatic carbocycles. The van der Waals surface area contributed by atoms with E-state index < -0.39 is 97.5 Å². The number of hydrogen-bond acceptors (Lipinski definition) is 15. The van der Waals surface area contributed by atoms with Gasteiger partial charge in [-0.25, -0.2) is 9.13 Å². The Balaban J connectivity index is 5.15. The van der Waals surface area contributed by atoms with Crippen LogP contribution in [0.3, 0.4) is 0 Å². The Hall–Kier alpha value is -1.94. The van der Waals surface area contributed by atoms with Crippen LogP contribution < -0.4 is 0 Å². The Labute approximate surface area is 575 Å². The Morgan fingerprint density at radius 2 is 0.511 bits per heavy atom. The second-order valence-electron chi connectivity index (χ2n) is 28.7. The molecule has 6 atom stereocenters. The zero-order valence-corrected chi connectivity index (χ0v) is 63.4. The van der Waals surface area contributed by atoms with Crippen LogP contribution in [-0.2, 0) is 65.4 Å². The third-order valence-electron chi connectivity index (χ3n) is 17.7. The molecule has 0 rings (SSSR count). The van der Waals surface area contributed by atoms with E-state index in [4.69, 9.17) is 37.0 Å². The fourth-order valence-corrected chi connectivity index (χ4v) is 12.9. The summed E-state index contributed by atoms with van der Waals surface area (Å²) in [6, 6.07) is 0. The summed E-state index contributed by atoms with van der Waals surface area (Å²) in [6.45, 7) is 14.1. The Bertz CT molecular complexity index is 1850. The molecule has 0 bridgehead atoms. The highest BCUT2D eigenvalue weighted by atomic mass is 31.2. The molecule has 94 heavy (non-hydrogen) atoms. The first-order chi connectivity index (χ1) is 45.1. The van der Waals surface area contributed by atoms with Crippen LogP contribution in [0.25, 0.3) is 0 Å². The molecule has 0 radical (unpaired) electrons. The molecule has 3 N–H and O–H groups in total. The standard InChI is InChI=1S/C75H146O17P2/c1-9-68(8)54-46-38-32-34-42-50-58-75(80)92-71(61-85-72(77)55-47-39-29-25-22-18-20-24-28-36-44-52-66(4)5)64-90-94(83,84)88-60-69(76)59-87-93(81,82)89-63-70(62-86-73(78)56-48-40-33-31-37-45-53-67(6)7)91-74(79)57-49-41-30-26-21-17-15-13-11-10-12-14-16-19-23-27-35-43-51-65(2)3/h65-71,76H,9-64H2,1-8H3,(H,81,82)(H,83,84)/t68?,69?,70-,71-/m1/s1. The third kappa shape index (κ3) is 67.3. The van der Waals surface area contributed by atoms with E-state index in [1.165, 1.54) is 173 Å². The predicted octanol–water partition coefficient (Wildman–Crippen LogP) is 21.7. The lowest BCUT2D eigenvalue weighted by molar-refractivity contribution is -0.161. The maximum Gasteiger partial charge on any atom is 0.472 e. The molecule has 0 aliphatic rings. The summed E-state index contributed by atoms with van der Waals surface area (Å²) in [5, 5.41) is 10.6. The molecule has 558 valence electrons. The number of aliphatic hydroxyl groups excluding tert-OH is 1. The summed E-state index contributed by atoms with van der Waals surface area (Å²) < 4.78 is 68.4. The molecule has 0 saturated carbocycles. The maximum atomic E-state index is 13.0. The number of phosphoric acid groups is 2. The molecule has 19 heteroatoms. The molecule has 0 aliphatic heterocycles. The summed E-state index contributed by atoms with van der Waals surface area (Å²) in [5.41, 5.74) is 0.